The number of carbonyl (C=O) groups is 2. The standard InChI is InChI=1S/C26H28Cl2FN5O6S/c1-15(8-9-30-25(35)14-39-18-5-6-19(28)20(29)11-18)31-26(36)23-12-34(21-10-17(27)4-7-22(21)40-23)41(37,38)24-13-33(3)32-16(24)2/h4-7,10-11,13,15,23H,8-9,12,14H2,1-3H3,(H,30,35)(H,31,36). The molecule has 2 N–H and O–H groups in total. The van der Waals surface area contributed by atoms with E-state index in [9.17, 15) is 22.4 Å². The van der Waals surface area contributed by atoms with Crippen molar-refractivity contribution < 1.29 is 31.9 Å². The van der Waals surface area contributed by atoms with Crippen molar-refractivity contribution in [3.63, 3.8) is 0 Å². The van der Waals surface area contributed by atoms with Crippen molar-refractivity contribution in [1.29, 1.82) is 0 Å². The molecule has 4 rings (SSSR count). The fourth-order valence-corrected chi connectivity index (χ4v) is 6.10. The first-order valence-electron chi connectivity index (χ1n) is 12.5. The normalized spacial score (nSPS) is 15.5. The molecule has 0 saturated carbocycles. The Labute approximate surface area is 246 Å². The molecule has 0 fully saturated rings. The molecule has 15 heteroatoms. The molecule has 2 heterocycles. The minimum atomic E-state index is -4.11. The number of benzene rings is 2. The van der Waals surface area contributed by atoms with Crippen LogP contribution in [-0.4, -0.2) is 61.9 Å². The van der Waals surface area contributed by atoms with E-state index in [0.29, 0.717) is 17.1 Å². The molecule has 2 unspecified atom stereocenters. The lowest BCUT2D eigenvalue weighted by Gasteiger charge is -2.35. The lowest BCUT2D eigenvalue weighted by Crippen LogP contribution is -2.52. The summed E-state index contributed by atoms with van der Waals surface area (Å²) in [6.07, 6.45) is 0.609. The zero-order valence-electron chi connectivity index (χ0n) is 22.4. The Morgan fingerprint density at radius 2 is 2.00 bits per heavy atom. The SMILES string of the molecule is Cc1nn(C)cc1S(=O)(=O)N1CC(C(=O)NC(C)CCNC(=O)COc2ccc(Cl)c(F)c2)Oc2ccc(Cl)cc21. The first-order chi connectivity index (χ1) is 19.3. The van der Waals surface area contributed by atoms with Gasteiger partial charge in [-0.3, -0.25) is 18.6 Å². The number of sulfonamides is 1. The van der Waals surface area contributed by atoms with Crippen LogP contribution in [0.4, 0.5) is 10.1 Å². The average Bonchev–Trinajstić information content (AvgIpc) is 3.27. The molecular weight excluding hydrogens is 600 g/mol. The Bertz CT molecular complexity index is 1570. The minimum absolute atomic E-state index is 0.00118. The zero-order valence-corrected chi connectivity index (χ0v) is 24.7. The van der Waals surface area contributed by atoms with E-state index < -0.39 is 39.8 Å². The van der Waals surface area contributed by atoms with Crippen LogP contribution < -0.4 is 24.4 Å². The highest BCUT2D eigenvalue weighted by Crippen LogP contribution is 2.39. The summed E-state index contributed by atoms with van der Waals surface area (Å²) in [6, 6.07) is 7.97. The largest absolute Gasteiger partial charge is 0.484 e. The zero-order chi connectivity index (χ0) is 29.9. The van der Waals surface area contributed by atoms with E-state index in [4.69, 9.17) is 32.7 Å². The van der Waals surface area contributed by atoms with Crippen molar-refractivity contribution in [1.82, 2.24) is 20.4 Å². The number of carbonyl (C=O) groups excluding carboxylic acids is 2. The Morgan fingerprint density at radius 3 is 2.68 bits per heavy atom. The highest BCUT2D eigenvalue weighted by molar-refractivity contribution is 7.92. The number of aryl methyl sites for hydroxylation is 2. The summed E-state index contributed by atoms with van der Waals surface area (Å²) in [5.41, 5.74) is 0.522. The van der Waals surface area contributed by atoms with Crippen LogP contribution in [-0.2, 0) is 26.7 Å². The topological polar surface area (TPSA) is 132 Å². The molecule has 0 aliphatic carbocycles. The van der Waals surface area contributed by atoms with Crippen LogP contribution in [0.15, 0.2) is 47.5 Å². The maximum Gasteiger partial charge on any atom is 0.267 e. The molecule has 1 aromatic heterocycles. The van der Waals surface area contributed by atoms with Crippen LogP contribution in [0.5, 0.6) is 11.5 Å². The van der Waals surface area contributed by atoms with Crippen LogP contribution in [0.3, 0.4) is 0 Å². The summed E-state index contributed by atoms with van der Waals surface area (Å²) < 4.78 is 54.4. The predicted molar refractivity (Wildman–Crippen MR) is 150 cm³/mol. The molecule has 220 valence electrons. The van der Waals surface area contributed by atoms with Crippen molar-refractivity contribution in [2.45, 2.75) is 37.3 Å². The number of nitrogens with zero attached hydrogens (tertiary/aromatic N) is 3. The van der Waals surface area contributed by atoms with Gasteiger partial charge in [-0.25, -0.2) is 12.8 Å². The number of rotatable bonds is 10. The summed E-state index contributed by atoms with van der Waals surface area (Å²) >= 11 is 11.8. The third kappa shape index (κ3) is 7.21. The second-order valence-electron chi connectivity index (χ2n) is 9.42. The molecule has 11 nitrogen and oxygen atoms in total. The summed E-state index contributed by atoms with van der Waals surface area (Å²) in [5, 5.41) is 9.84. The van der Waals surface area contributed by atoms with Gasteiger partial charge in [0, 0.05) is 36.9 Å². The number of fused-ring (bicyclic) bond motifs is 1. The number of nitrogens with one attached hydrogen (secondary N) is 2. The number of ether oxygens (including phenoxy) is 2. The number of hydrogen-bond donors (Lipinski definition) is 2. The summed E-state index contributed by atoms with van der Waals surface area (Å²) in [5.74, 6) is -1.27. The summed E-state index contributed by atoms with van der Waals surface area (Å²) in [6.45, 7) is 2.91. The van der Waals surface area contributed by atoms with Gasteiger partial charge in [0.05, 0.1) is 22.9 Å². The van der Waals surface area contributed by atoms with Gasteiger partial charge < -0.3 is 20.1 Å². The molecule has 41 heavy (non-hydrogen) atoms. The fraction of sp³-hybridized carbons (Fsp3) is 0.346. The Kier molecular flexibility index (Phi) is 9.30. The average molecular weight is 629 g/mol. The van der Waals surface area contributed by atoms with Crippen molar-refractivity contribution in [2.75, 3.05) is 24.0 Å². The molecule has 2 aromatic carbocycles. The highest BCUT2D eigenvalue weighted by Gasteiger charge is 2.39. The van der Waals surface area contributed by atoms with Crippen molar-refractivity contribution >= 4 is 50.7 Å². The first-order valence-corrected chi connectivity index (χ1v) is 14.7. The van der Waals surface area contributed by atoms with Gasteiger partial charge in [0.25, 0.3) is 21.8 Å². The third-order valence-corrected chi connectivity index (χ3v) is 8.59. The molecule has 0 saturated heterocycles. The monoisotopic (exact) mass is 627 g/mol. The number of anilines is 1. The number of hydrogen-bond acceptors (Lipinski definition) is 7. The lowest BCUT2D eigenvalue weighted by molar-refractivity contribution is -0.128. The van der Waals surface area contributed by atoms with Gasteiger partial charge in [-0.15, -0.1) is 0 Å². The molecule has 3 aromatic rings. The molecule has 2 atom stereocenters. The number of halogens is 3. The van der Waals surface area contributed by atoms with Gasteiger partial charge in [0.1, 0.15) is 22.2 Å². The van der Waals surface area contributed by atoms with Crippen LogP contribution in [0.1, 0.15) is 19.0 Å². The quantitative estimate of drug-likeness (QED) is 0.353. The van der Waals surface area contributed by atoms with Gasteiger partial charge in [-0.2, -0.15) is 5.10 Å². The smallest absolute Gasteiger partial charge is 0.267 e. The Hall–Kier alpha value is -3.55. The maximum atomic E-state index is 13.6. The Morgan fingerprint density at radius 1 is 1.24 bits per heavy atom. The van der Waals surface area contributed by atoms with Crippen molar-refractivity contribution in [3.05, 3.63) is 64.2 Å². The summed E-state index contributed by atoms with van der Waals surface area (Å²) in [7, 11) is -2.49. The van der Waals surface area contributed by atoms with Crippen LogP contribution in [0.25, 0.3) is 0 Å². The second kappa shape index (κ2) is 12.5. The summed E-state index contributed by atoms with van der Waals surface area (Å²) in [4.78, 5) is 25.2. The predicted octanol–water partition coefficient (Wildman–Crippen LogP) is 3.22. The van der Waals surface area contributed by atoms with Crippen molar-refractivity contribution in [3.8, 4) is 11.5 Å². The van der Waals surface area contributed by atoms with Crippen LogP contribution in [0.2, 0.25) is 10.0 Å². The van der Waals surface area contributed by atoms with E-state index in [-0.39, 0.29) is 46.8 Å². The van der Waals surface area contributed by atoms with Gasteiger partial charge in [-0.1, -0.05) is 23.2 Å². The molecule has 0 bridgehead atoms. The van der Waals surface area contributed by atoms with E-state index in [1.54, 1.807) is 27.0 Å². The van der Waals surface area contributed by atoms with Crippen molar-refractivity contribution in [2.24, 2.45) is 7.05 Å². The molecule has 1 aliphatic heterocycles. The number of amides is 2. The second-order valence-corrected chi connectivity index (χ2v) is 12.1. The van der Waals surface area contributed by atoms with E-state index >= 15 is 0 Å². The molecule has 0 spiro atoms. The highest BCUT2D eigenvalue weighted by atomic mass is 35.5. The number of aromatic nitrogens is 2. The first kappa shape index (κ1) is 30.4. The molecule has 0 radical (unpaired) electrons. The van der Waals surface area contributed by atoms with Gasteiger partial charge >= 0.3 is 0 Å². The van der Waals surface area contributed by atoms with E-state index in [0.717, 1.165) is 10.4 Å². The maximum absolute atomic E-state index is 13.6. The molecular formula is C26H28Cl2FN5O6S. The van der Waals surface area contributed by atoms with Gasteiger partial charge in [0.2, 0.25) is 0 Å². The van der Waals surface area contributed by atoms with Gasteiger partial charge in [0.15, 0.2) is 12.7 Å². The van der Waals surface area contributed by atoms with Crippen LogP contribution >= 0.6 is 23.2 Å². The van der Waals surface area contributed by atoms with E-state index in [1.165, 1.54) is 35.1 Å². The minimum Gasteiger partial charge on any atom is -0.484 e. The van der Waals surface area contributed by atoms with Gasteiger partial charge in [-0.05, 0) is 50.6 Å². The molecule has 2 amide bonds. The Balaban J connectivity index is 1.35. The third-order valence-electron chi connectivity index (χ3n) is 6.17. The molecule has 1 aliphatic rings. The lowest BCUT2D eigenvalue weighted by atomic mass is 10.2. The fourth-order valence-electron chi connectivity index (χ4n) is 4.14. The van der Waals surface area contributed by atoms with E-state index in [2.05, 4.69) is 15.7 Å². The van der Waals surface area contributed by atoms with E-state index in [1.807, 2.05) is 0 Å². The van der Waals surface area contributed by atoms with Crippen LogP contribution in [0, 0.1) is 12.7 Å².